The van der Waals surface area contributed by atoms with Crippen molar-refractivity contribution in [1.82, 2.24) is 4.90 Å². The topological polar surface area (TPSA) is 59.0 Å². The highest BCUT2D eigenvalue weighted by Gasteiger charge is 2.36. The maximum Gasteiger partial charge on any atom is 0.416 e. The first-order valence-electron chi connectivity index (χ1n) is 11.0. The minimum atomic E-state index is -4.43. The van der Waals surface area contributed by atoms with Gasteiger partial charge in [-0.25, -0.2) is 4.79 Å². The van der Waals surface area contributed by atoms with Gasteiger partial charge in [-0.15, -0.1) is 0 Å². The quantitative estimate of drug-likeness (QED) is 0.591. The van der Waals surface area contributed by atoms with Gasteiger partial charge in [0.1, 0.15) is 17.5 Å². The number of likely N-dealkylation sites (tertiary alicyclic amines) is 1. The van der Waals surface area contributed by atoms with E-state index in [9.17, 15) is 23.1 Å². The molecule has 8 heteroatoms. The number of piperidine rings is 1. The molecule has 0 aromatic heterocycles. The standard InChI is InChI=1S/C25H30F3NO4/c1-24(2,3)33-23(31)29-14-13-20(30)15-19(29)16-22(17-7-5-4-6-8-17)32-21-11-9-18(10-12-21)25(26,27)28/h4-12,19-20,22,30H,13-16H2,1-3H3/t19-,20+,22+/m0/s1. The zero-order valence-electron chi connectivity index (χ0n) is 19.0. The monoisotopic (exact) mass is 465 g/mol. The Bertz CT molecular complexity index is 910. The van der Waals surface area contributed by atoms with E-state index in [-0.39, 0.29) is 11.8 Å². The summed E-state index contributed by atoms with van der Waals surface area (Å²) in [6.07, 6.45) is -4.82. The number of amides is 1. The molecule has 0 bridgehead atoms. The Kier molecular flexibility index (Phi) is 7.57. The van der Waals surface area contributed by atoms with E-state index >= 15 is 0 Å². The van der Waals surface area contributed by atoms with E-state index in [4.69, 9.17) is 9.47 Å². The highest BCUT2D eigenvalue weighted by molar-refractivity contribution is 5.68. The predicted octanol–water partition coefficient (Wildman–Crippen LogP) is 5.98. The summed E-state index contributed by atoms with van der Waals surface area (Å²) in [6, 6.07) is 13.5. The Balaban J connectivity index is 1.83. The second-order valence-corrected chi connectivity index (χ2v) is 9.28. The molecule has 1 heterocycles. The van der Waals surface area contributed by atoms with E-state index in [1.54, 1.807) is 25.7 Å². The summed E-state index contributed by atoms with van der Waals surface area (Å²) in [5.74, 6) is 0.289. The third-order valence-corrected chi connectivity index (χ3v) is 5.43. The van der Waals surface area contributed by atoms with Crippen LogP contribution in [0.1, 0.15) is 57.3 Å². The smallest absolute Gasteiger partial charge is 0.416 e. The Morgan fingerprint density at radius 2 is 1.73 bits per heavy atom. The first-order chi connectivity index (χ1) is 15.4. The number of nitrogens with zero attached hydrogens (tertiary/aromatic N) is 1. The normalized spacial score (nSPS) is 20.3. The van der Waals surface area contributed by atoms with Crippen LogP contribution in [0.25, 0.3) is 0 Å². The first kappa shape index (κ1) is 24.9. The van der Waals surface area contributed by atoms with E-state index in [1.165, 1.54) is 12.1 Å². The molecule has 2 aromatic carbocycles. The van der Waals surface area contributed by atoms with Crippen LogP contribution in [0.5, 0.6) is 5.75 Å². The maximum atomic E-state index is 12.9. The van der Waals surface area contributed by atoms with Crippen LogP contribution in [-0.2, 0) is 10.9 Å². The molecule has 33 heavy (non-hydrogen) atoms. The highest BCUT2D eigenvalue weighted by atomic mass is 19.4. The average molecular weight is 466 g/mol. The Labute approximate surface area is 192 Å². The second kappa shape index (κ2) is 10.0. The summed E-state index contributed by atoms with van der Waals surface area (Å²) in [6.45, 7) is 5.72. The van der Waals surface area contributed by atoms with Crippen molar-refractivity contribution in [1.29, 1.82) is 0 Å². The molecule has 0 spiro atoms. The van der Waals surface area contributed by atoms with Crippen LogP contribution >= 0.6 is 0 Å². The summed E-state index contributed by atoms with van der Waals surface area (Å²) < 4.78 is 50.4. The number of hydrogen-bond acceptors (Lipinski definition) is 4. The molecule has 1 aliphatic rings. The molecule has 5 nitrogen and oxygen atoms in total. The maximum absolute atomic E-state index is 12.9. The van der Waals surface area contributed by atoms with Crippen LogP contribution in [0.2, 0.25) is 0 Å². The number of aliphatic hydroxyl groups excluding tert-OH is 1. The van der Waals surface area contributed by atoms with Gasteiger partial charge in [-0.05, 0) is 63.4 Å². The molecular weight excluding hydrogens is 435 g/mol. The zero-order chi connectivity index (χ0) is 24.2. The van der Waals surface area contributed by atoms with Gasteiger partial charge in [-0.3, -0.25) is 0 Å². The molecular formula is C25H30F3NO4. The van der Waals surface area contributed by atoms with Gasteiger partial charge in [0, 0.05) is 19.0 Å². The summed E-state index contributed by atoms with van der Waals surface area (Å²) in [5.41, 5.74) is -0.591. The Morgan fingerprint density at radius 3 is 2.30 bits per heavy atom. The molecule has 1 saturated heterocycles. The molecule has 1 N–H and O–H groups in total. The Morgan fingerprint density at radius 1 is 1.09 bits per heavy atom. The predicted molar refractivity (Wildman–Crippen MR) is 118 cm³/mol. The van der Waals surface area contributed by atoms with Crippen LogP contribution in [0.3, 0.4) is 0 Å². The SMILES string of the molecule is CC(C)(C)OC(=O)N1CC[C@@H](O)C[C@H]1C[C@@H](Oc1ccc(C(F)(F)F)cc1)c1ccccc1. The number of halogens is 3. The minimum absolute atomic E-state index is 0.289. The molecule has 2 aromatic rings. The lowest BCUT2D eigenvalue weighted by Crippen LogP contribution is -2.50. The average Bonchev–Trinajstić information content (AvgIpc) is 2.72. The van der Waals surface area contributed by atoms with Crippen molar-refractivity contribution in [2.75, 3.05) is 6.54 Å². The third kappa shape index (κ3) is 7.12. The summed E-state index contributed by atoms with van der Waals surface area (Å²) in [4.78, 5) is 14.4. The van der Waals surface area contributed by atoms with Gasteiger partial charge in [-0.1, -0.05) is 30.3 Å². The molecule has 0 radical (unpaired) electrons. The fraction of sp³-hybridized carbons (Fsp3) is 0.480. The lowest BCUT2D eigenvalue weighted by Gasteiger charge is -2.40. The van der Waals surface area contributed by atoms with Crippen molar-refractivity contribution < 1.29 is 32.5 Å². The number of carbonyl (C=O) groups is 1. The van der Waals surface area contributed by atoms with Crippen LogP contribution < -0.4 is 4.74 Å². The second-order valence-electron chi connectivity index (χ2n) is 9.28. The van der Waals surface area contributed by atoms with Crippen LogP contribution in [0.15, 0.2) is 54.6 Å². The van der Waals surface area contributed by atoms with Gasteiger partial charge in [-0.2, -0.15) is 13.2 Å². The molecule has 0 aliphatic carbocycles. The van der Waals surface area contributed by atoms with Gasteiger partial charge in [0.2, 0.25) is 0 Å². The highest BCUT2D eigenvalue weighted by Crippen LogP contribution is 2.34. The molecule has 180 valence electrons. The van der Waals surface area contributed by atoms with E-state index in [0.717, 1.165) is 17.7 Å². The number of alkyl halides is 3. The van der Waals surface area contributed by atoms with Crippen molar-refractivity contribution in [3.8, 4) is 5.75 Å². The van der Waals surface area contributed by atoms with Gasteiger partial charge in [0.15, 0.2) is 0 Å². The van der Waals surface area contributed by atoms with E-state index in [1.807, 2.05) is 30.3 Å². The van der Waals surface area contributed by atoms with E-state index in [2.05, 4.69) is 0 Å². The number of ether oxygens (including phenoxy) is 2. The lowest BCUT2D eigenvalue weighted by atomic mass is 9.92. The molecule has 1 fully saturated rings. The number of carbonyl (C=O) groups excluding carboxylic acids is 1. The van der Waals surface area contributed by atoms with Crippen molar-refractivity contribution in [2.45, 2.75) is 70.1 Å². The molecule has 3 atom stereocenters. The zero-order valence-corrected chi connectivity index (χ0v) is 19.0. The molecule has 1 aliphatic heterocycles. The lowest BCUT2D eigenvalue weighted by molar-refractivity contribution is -0.137. The van der Waals surface area contributed by atoms with Crippen molar-refractivity contribution in [2.24, 2.45) is 0 Å². The van der Waals surface area contributed by atoms with Crippen LogP contribution in [0, 0.1) is 0 Å². The van der Waals surface area contributed by atoms with Crippen LogP contribution in [-0.4, -0.2) is 40.4 Å². The number of benzene rings is 2. The molecule has 0 saturated carbocycles. The van der Waals surface area contributed by atoms with Gasteiger partial charge in [0.05, 0.1) is 11.7 Å². The molecule has 0 unspecified atom stereocenters. The number of aliphatic hydroxyl groups is 1. The number of rotatable bonds is 5. The van der Waals surface area contributed by atoms with E-state index < -0.39 is 35.6 Å². The fourth-order valence-electron chi connectivity index (χ4n) is 3.87. The number of hydrogen-bond donors (Lipinski definition) is 1. The van der Waals surface area contributed by atoms with Crippen molar-refractivity contribution in [3.05, 3.63) is 65.7 Å². The fourth-order valence-corrected chi connectivity index (χ4v) is 3.87. The van der Waals surface area contributed by atoms with Gasteiger partial charge < -0.3 is 19.5 Å². The third-order valence-electron chi connectivity index (χ3n) is 5.43. The van der Waals surface area contributed by atoms with Crippen molar-refractivity contribution in [3.63, 3.8) is 0 Å². The van der Waals surface area contributed by atoms with Crippen LogP contribution in [0.4, 0.5) is 18.0 Å². The van der Waals surface area contributed by atoms with Gasteiger partial charge >= 0.3 is 12.3 Å². The first-order valence-corrected chi connectivity index (χ1v) is 11.0. The summed E-state index contributed by atoms with van der Waals surface area (Å²) in [7, 11) is 0. The summed E-state index contributed by atoms with van der Waals surface area (Å²) >= 11 is 0. The van der Waals surface area contributed by atoms with Gasteiger partial charge in [0.25, 0.3) is 0 Å². The largest absolute Gasteiger partial charge is 0.486 e. The van der Waals surface area contributed by atoms with Crippen molar-refractivity contribution >= 4 is 6.09 Å². The summed E-state index contributed by atoms with van der Waals surface area (Å²) in [5, 5.41) is 10.3. The van der Waals surface area contributed by atoms with E-state index in [0.29, 0.717) is 25.8 Å². The Hall–Kier alpha value is -2.74. The molecule has 1 amide bonds. The molecule has 3 rings (SSSR count). The minimum Gasteiger partial charge on any atom is -0.486 e.